The minimum atomic E-state index is -0.289. The Labute approximate surface area is 175 Å². The zero-order chi connectivity index (χ0) is 21.3. The van der Waals surface area contributed by atoms with Crippen LogP contribution in [-0.4, -0.2) is 33.3 Å². The summed E-state index contributed by atoms with van der Waals surface area (Å²) in [6, 6.07) is 10.4. The maximum absolute atomic E-state index is 13.7. The molecule has 1 aliphatic rings. The van der Waals surface area contributed by atoms with Gasteiger partial charge in [0.05, 0.1) is 12.7 Å². The van der Waals surface area contributed by atoms with Crippen molar-refractivity contribution in [3.63, 3.8) is 0 Å². The quantitative estimate of drug-likeness (QED) is 0.616. The number of rotatable bonds is 5. The number of quaternary nitrogens is 2. The Morgan fingerprint density at radius 2 is 1.57 bits per heavy atom. The lowest BCUT2D eigenvalue weighted by molar-refractivity contribution is -1.02. The number of hydrogen-bond donors (Lipinski definition) is 2. The van der Waals surface area contributed by atoms with Gasteiger partial charge in [-0.05, 0) is 55.3 Å². The van der Waals surface area contributed by atoms with E-state index in [0.29, 0.717) is 5.58 Å². The molecule has 0 amide bonds. The number of piperazine rings is 1. The van der Waals surface area contributed by atoms with Gasteiger partial charge in [-0.3, -0.25) is 0 Å². The molecule has 1 aromatic heterocycles. The Morgan fingerprint density at radius 1 is 0.933 bits per heavy atom. The number of methoxy groups -OCH3 is 1. The average Bonchev–Trinajstić information content (AvgIpc) is 2.71. The Morgan fingerprint density at radius 3 is 2.23 bits per heavy atom. The lowest BCUT2D eigenvalue weighted by atomic mass is 10.0. The topological polar surface area (TPSA) is 48.3 Å². The zero-order valence-electron chi connectivity index (χ0n) is 17.8. The highest BCUT2D eigenvalue weighted by Crippen LogP contribution is 2.21. The molecule has 5 nitrogen and oxygen atoms in total. The molecule has 4 rings (SSSR count). The molecule has 1 aliphatic heterocycles. The first-order chi connectivity index (χ1) is 14.4. The van der Waals surface area contributed by atoms with E-state index in [4.69, 9.17) is 9.15 Å². The standard InChI is InChI=1S/C24H27FN2O3/c1-16-10-21-18(13-24(28)30-23(21)11-17(16)2)14-26-6-8-27(9-7-26)15-19-12-20(25)4-5-22(19)29-3/h4-5,10-13H,6-9,14-15H2,1-3H3/p+2. The SMILES string of the molecule is COc1ccc(F)cc1C[NH+]1CC[NH+](Cc2cc(=O)oc3cc(C)c(C)cc23)CC1. The Kier molecular flexibility index (Phi) is 5.88. The second-order valence-corrected chi connectivity index (χ2v) is 8.33. The van der Waals surface area contributed by atoms with Gasteiger partial charge in [0.1, 0.15) is 56.4 Å². The summed E-state index contributed by atoms with van der Waals surface area (Å²) < 4.78 is 24.5. The van der Waals surface area contributed by atoms with E-state index >= 15 is 0 Å². The van der Waals surface area contributed by atoms with Crippen molar-refractivity contribution in [2.75, 3.05) is 33.3 Å². The normalized spacial score (nSPS) is 19.2. The summed E-state index contributed by atoms with van der Waals surface area (Å²) in [7, 11) is 1.62. The van der Waals surface area contributed by atoms with E-state index in [1.807, 2.05) is 13.0 Å². The molecule has 0 saturated carbocycles. The van der Waals surface area contributed by atoms with Crippen LogP contribution in [0, 0.1) is 19.7 Å². The van der Waals surface area contributed by atoms with Crippen molar-refractivity contribution in [2.24, 2.45) is 0 Å². The third-order valence-electron chi connectivity index (χ3n) is 6.23. The van der Waals surface area contributed by atoms with Crippen LogP contribution >= 0.6 is 0 Å². The van der Waals surface area contributed by atoms with Gasteiger partial charge in [0.15, 0.2) is 0 Å². The lowest BCUT2D eigenvalue weighted by Gasteiger charge is -2.30. The molecule has 0 unspecified atom stereocenters. The maximum Gasteiger partial charge on any atom is 0.336 e. The second-order valence-electron chi connectivity index (χ2n) is 8.33. The van der Waals surface area contributed by atoms with Gasteiger partial charge < -0.3 is 19.0 Å². The molecular formula is C24H29FN2O3+2. The summed E-state index contributed by atoms with van der Waals surface area (Å²) in [6.07, 6.45) is 0. The average molecular weight is 413 g/mol. The molecule has 6 heteroatoms. The summed E-state index contributed by atoms with van der Waals surface area (Å²) in [4.78, 5) is 14.9. The number of aryl methyl sites for hydroxylation is 2. The molecule has 0 bridgehead atoms. The van der Waals surface area contributed by atoms with E-state index in [0.717, 1.165) is 67.1 Å². The first-order valence-electron chi connectivity index (χ1n) is 10.5. The zero-order valence-corrected chi connectivity index (χ0v) is 17.8. The summed E-state index contributed by atoms with van der Waals surface area (Å²) in [5.74, 6) is 0.515. The summed E-state index contributed by atoms with van der Waals surface area (Å²) in [5.41, 5.74) is 4.67. The number of nitrogens with one attached hydrogen (secondary N) is 2. The van der Waals surface area contributed by atoms with Crippen molar-refractivity contribution in [3.05, 3.63) is 74.9 Å². The first kappa shape index (κ1) is 20.6. The minimum absolute atomic E-state index is 0.227. The number of halogens is 1. The molecular weight excluding hydrogens is 383 g/mol. The third kappa shape index (κ3) is 4.40. The molecule has 1 fully saturated rings. The minimum Gasteiger partial charge on any atom is -0.496 e. The highest BCUT2D eigenvalue weighted by atomic mass is 19.1. The fourth-order valence-corrected chi connectivity index (χ4v) is 4.36. The van der Waals surface area contributed by atoms with Crippen molar-refractivity contribution in [1.29, 1.82) is 0 Å². The predicted molar refractivity (Wildman–Crippen MR) is 114 cm³/mol. The van der Waals surface area contributed by atoms with Crippen LogP contribution in [0.1, 0.15) is 22.3 Å². The van der Waals surface area contributed by atoms with E-state index in [1.54, 1.807) is 25.3 Å². The molecule has 2 N–H and O–H groups in total. The van der Waals surface area contributed by atoms with E-state index in [2.05, 4.69) is 13.0 Å². The van der Waals surface area contributed by atoms with Gasteiger partial charge in [-0.1, -0.05) is 0 Å². The Hall–Kier alpha value is -2.70. The van der Waals surface area contributed by atoms with Crippen molar-refractivity contribution in [3.8, 4) is 5.75 Å². The molecule has 158 valence electrons. The Balaban J connectivity index is 1.45. The fraction of sp³-hybridized carbons (Fsp3) is 0.375. The molecule has 2 aromatic carbocycles. The third-order valence-corrected chi connectivity index (χ3v) is 6.23. The van der Waals surface area contributed by atoms with Crippen molar-refractivity contribution >= 4 is 11.0 Å². The van der Waals surface area contributed by atoms with E-state index < -0.39 is 0 Å². The number of fused-ring (bicyclic) bond motifs is 1. The first-order valence-corrected chi connectivity index (χ1v) is 10.5. The van der Waals surface area contributed by atoms with Gasteiger partial charge in [-0.15, -0.1) is 0 Å². The van der Waals surface area contributed by atoms with E-state index in [-0.39, 0.29) is 11.4 Å². The molecule has 2 heterocycles. The second kappa shape index (κ2) is 8.58. The molecule has 3 aromatic rings. The lowest BCUT2D eigenvalue weighted by Crippen LogP contribution is -3.27. The van der Waals surface area contributed by atoms with Crippen LogP contribution in [0.5, 0.6) is 5.75 Å². The molecule has 0 aliphatic carbocycles. The largest absolute Gasteiger partial charge is 0.496 e. The van der Waals surface area contributed by atoms with E-state index in [9.17, 15) is 9.18 Å². The van der Waals surface area contributed by atoms with Gasteiger partial charge in [-0.25, -0.2) is 9.18 Å². The van der Waals surface area contributed by atoms with Gasteiger partial charge in [0.2, 0.25) is 0 Å². The number of ether oxygens (including phenoxy) is 1. The van der Waals surface area contributed by atoms with Crippen LogP contribution in [0.2, 0.25) is 0 Å². The smallest absolute Gasteiger partial charge is 0.336 e. The van der Waals surface area contributed by atoms with Gasteiger partial charge in [-0.2, -0.15) is 0 Å². The van der Waals surface area contributed by atoms with Crippen LogP contribution < -0.4 is 20.2 Å². The van der Waals surface area contributed by atoms with Crippen molar-refractivity contribution < 1.29 is 23.3 Å². The fourth-order valence-electron chi connectivity index (χ4n) is 4.36. The highest BCUT2D eigenvalue weighted by molar-refractivity contribution is 5.81. The van der Waals surface area contributed by atoms with Crippen LogP contribution in [-0.2, 0) is 13.1 Å². The molecule has 30 heavy (non-hydrogen) atoms. The van der Waals surface area contributed by atoms with Crippen LogP contribution in [0.4, 0.5) is 4.39 Å². The number of hydrogen-bond acceptors (Lipinski definition) is 3. The van der Waals surface area contributed by atoms with Gasteiger partial charge in [0, 0.05) is 17.0 Å². The number of benzene rings is 2. The predicted octanol–water partition coefficient (Wildman–Crippen LogP) is 1.04. The highest BCUT2D eigenvalue weighted by Gasteiger charge is 2.25. The Bertz CT molecular complexity index is 1120. The molecule has 0 atom stereocenters. The van der Waals surface area contributed by atoms with Crippen molar-refractivity contribution in [1.82, 2.24) is 0 Å². The molecule has 0 radical (unpaired) electrons. The van der Waals surface area contributed by atoms with Crippen LogP contribution in [0.25, 0.3) is 11.0 Å². The van der Waals surface area contributed by atoms with Crippen LogP contribution in [0.15, 0.2) is 45.6 Å². The van der Waals surface area contributed by atoms with Crippen LogP contribution in [0.3, 0.4) is 0 Å². The molecule has 1 saturated heterocycles. The summed E-state index contributed by atoms with van der Waals surface area (Å²) >= 11 is 0. The van der Waals surface area contributed by atoms with Gasteiger partial charge in [0.25, 0.3) is 0 Å². The van der Waals surface area contributed by atoms with E-state index in [1.165, 1.54) is 21.4 Å². The monoisotopic (exact) mass is 412 g/mol. The summed E-state index contributed by atoms with van der Waals surface area (Å²) in [5, 5.41) is 1.03. The van der Waals surface area contributed by atoms with Gasteiger partial charge >= 0.3 is 5.63 Å². The molecule has 0 spiro atoms. The summed E-state index contributed by atoms with van der Waals surface area (Å²) in [6.45, 7) is 9.66. The van der Waals surface area contributed by atoms with Crippen molar-refractivity contribution in [2.45, 2.75) is 26.9 Å². The maximum atomic E-state index is 13.7.